The summed E-state index contributed by atoms with van der Waals surface area (Å²) < 4.78 is -0.164. The standard InChI is InChI=1S/C5H6Br2N2/c6-5(7)2-1-4(8)9-3-5/h1,3H,2,8H2. The fourth-order valence-corrected chi connectivity index (χ4v) is 1.04. The fraction of sp³-hybridized carbons (Fsp3) is 0.400. The highest BCUT2D eigenvalue weighted by molar-refractivity contribution is 9.25. The van der Waals surface area contributed by atoms with E-state index in [9.17, 15) is 0 Å². The quantitative estimate of drug-likeness (QED) is 0.657. The maximum Gasteiger partial charge on any atom is 0.119 e. The molecule has 0 unspecified atom stereocenters. The molecule has 0 aromatic carbocycles. The molecule has 0 saturated carbocycles. The zero-order valence-electron chi connectivity index (χ0n) is 4.64. The summed E-state index contributed by atoms with van der Waals surface area (Å²) in [5.74, 6) is 0.588. The Balaban J connectivity index is 2.70. The van der Waals surface area contributed by atoms with E-state index < -0.39 is 0 Å². The van der Waals surface area contributed by atoms with E-state index in [1.165, 1.54) is 0 Å². The number of nitrogens with zero attached hydrogens (tertiary/aromatic N) is 1. The molecule has 0 atom stereocenters. The molecule has 4 heteroatoms. The maximum absolute atomic E-state index is 5.38. The van der Waals surface area contributed by atoms with Gasteiger partial charge < -0.3 is 5.73 Å². The van der Waals surface area contributed by atoms with Crippen LogP contribution in [0.5, 0.6) is 0 Å². The Labute approximate surface area is 70.5 Å². The lowest BCUT2D eigenvalue weighted by Crippen LogP contribution is -2.16. The van der Waals surface area contributed by atoms with Gasteiger partial charge in [-0.05, 0) is 12.5 Å². The summed E-state index contributed by atoms with van der Waals surface area (Å²) in [6.45, 7) is 0. The lowest BCUT2D eigenvalue weighted by Gasteiger charge is -2.15. The Bertz CT molecular complexity index is 172. The van der Waals surface area contributed by atoms with Crippen LogP contribution >= 0.6 is 31.9 Å². The van der Waals surface area contributed by atoms with E-state index in [1.807, 2.05) is 6.08 Å². The second kappa shape index (κ2) is 2.42. The molecule has 1 aliphatic heterocycles. The predicted molar refractivity (Wildman–Crippen MR) is 46.0 cm³/mol. The first-order valence-corrected chi connectivity index (χ1v) is 4.07. The number of hydrogen-bond acceptors (Lipinski definition) is 2. The van der Waals surface area contributed by atoms with Crippen LogP contribution in [0.2, 0.25) is 0 Å². The molecular weight excluding hydrogens is 248 g/mol. The Morgan fingerprint density at radius 2 is 2.33 bits per heavy atom. The molecule has 1 rings (SSSR count). The van der Waals surface area contributed by atoms with E-state index in [2.05, 4.69) is 36.9 Å². The van der Waals surface area contributed by atoms with Gasteiger partial charge in [0.05, 0.1) is 0 Å². The van der Waals surface area contributed by atoms with E-state index in [1.54, 1.807) is 6.21 Å². The maximum atomic E-state index is 5.38. The summed E-state index contributed by atoms with van der Waals surface area (Å²) in [5, 5.41) is 0. The van der Waals surface area contributed by atoms with Gasteiger partial charge in [-0.2, -0.15) is 0 Å². The molecule has 1 aliphatic rings. The van der Waals surface area contributed by atoms with Gasteiger partial charge in [-0.3, -0.25) is 0 Å². The largest absolute Gasteiger partial charge is 0.384 e. The zero-order valence-corrected chi connectivity index (χ0v) is 7.81. The number of allylic oxidation sites excluding steroid dienone is 1. The first kappa shape index (κ1) is 7.28. The molecule has 50 valence electrons. The minimum Gasteiger partial charge on any atom is -0.384 e. The Kier molecular flexibility index (Phi) is 1.96. The summed E-state index contributed by atoms with van der Waals surface area (Å²) in [5.41, 5.74) is 5.38. The second-order valence-corrected chi connectivity index (χ2v) is 5.75. The molecule has 0 fully saturated rings. The van der Waals surface area contributed by atoms with Gasteiger partial charge in [-0.1, -0.05) is 31.9 Å². The van der Waals surface area contributed by atoms with Gasteiger partial charge in [0.15, 0.2) is 0 Å². The number of alkyl halides is 2. The third kappa shape index (κ3) is 2.10. The van der Waals surface area contributed by atoms with E-state index in [0.717, 1.165) is 6.42 Å². The van der Waals surface area contributed by atoms with Crippen LogP contribution in [-0.2, 0) is 0 Å². The molecule has 0 aromatic rings. The van der Waals surface area contributed by atoms with Gasteiger partial charge in [0.2, 0.25) is 0 Å². The molecule has 2 N–H and O–H groups in total. The Morgan fingerprint density at radius 3 is 2.67 bits per heavy atom. The van der Waals surface area contributed by atoms with Crippen LogP contribution in [0.4, 0.5) is 0 Å². The summed E-state index contributed by atoms with van der Waals surface area (Å²) >= 11 is 6.77. The molecule has 0 saturated heterocycles. The lowest BCUT2D eigenvalue weighted by molar-refractivity contribution is 1.02. The third-order valence-corrected chi connectivity index (χ3v) is 2.04. The Hall–Kier alpha value is 0.170. The van der Waals surface area contributed by atoms with Crippen molar-refractivity contribution in [3.8, 4) is 0 Å². The van der Waals surface area contributed by atoms with E-state index in [4.69, 9.17) is 5.73 Å². The average molecular weight is 254 g/mol. The molecule has 0 amide bonds. The van der Waals surface area contributed by atoms with Gasteiger partial charge in [0.1, 0.15) is 9.05 Å². The first-order valence-electron chi connectivity index (χ1n) is 2.49. The number of aliphatic imine (C=N–C) groups is 1. The monoisotopic (exact) mass is 252 g/mol. The van der Waals surface area contributed by atoms with Crippen molar-refractivity contribution in [3.63, 3.8) is 0 Å². The number of nitrogens with two attached hydrogens (primary N) is 1. The topological polar surface area (TPSA) is 38.4 Å². The van der Waals surface area contributed by atoms with Gasteiger partial charge >= 0.3 is 0 Å². The van der Waals surface area contributed by atoms with E-state index in [0.29, 0.717) is 5.82 Å². The normalized spacial score (nSPS) is 23.6. The molecular formula is C5H6Br2N2. The molecule has 9 heavy (non-hydrogen) atoms. The summed E-state index contributed by atoms with van der Waals surface area (Å²) in [7, 11) is 0. The van der Waals surface area contributed by atoms with Crippen molar-refractivity contribution in [2.75, 3.05) is 0 Å². The molecule has 0 aromatic heterocycles. The molecule has 1 heterocycles. The highest BCUT2D eigenvalue weighted by Crippen LogP contribution is 2.30. The van der Waals surface area contributed by atoms with Crippen LogP contribution in [-0.4, -0.2) is 9.45 Å². The van der Waals surface area contributed by atoms with Crippen LogP contribution in [0.1, 0.15) is 6.42 Å². The van der Waals surface area contributed by atoms with Crippen LogP contribution in [0.25, 0.3) is 0 Å². The summed E-state index contributed by atoms with van der Waals surface area (Å²) in [6.07, 6.45) is 4.44. The average Bonchev–Trinajstić information content (AvgIpc) is 1.78. The number of rotatable bonds is 0. The van der Waals surface area contributed by atoms with Gasteiger partial charge in [0.25, 0.3) is 0 Å². The van der Waals surface area contributed by atoms with Crippen molar-refractivity contribution in [3.05, 3.63) is 11.9 Å². The van der Waals surface area contributed by atoms with Crippen LogP contribution in [0.15, 0.2) is 16.9 Å². The summed E-state index contributed by atoms with van der Waals surface area (Å²) in [6, 6.07) is 0. The zero-order chi connectivity index (χ0) is 6.91. The van der Waals surface area contributed by atoms with Crippen LogP contribution in [0, 0.1) is 0 Å². The van der Waals surface area contributed by atoms with Crippen molar-refractivity contribution in [1.82, 2.24) is 0 Å². The molecule has 0 aliphatic carbocycles. The van der Waals surface area contributed by atoms with Crippen molar-refractivity contribution < 1.29 is 0 Å². The number of halogens is 2. The molecule has 0 bridgehead atoms. The van der Waals surface area contributed by atoms with E-state index in [-0.39, 0.29) is 3.23 Å². The number of hydrogen-bond donors (Lipinski definition) is 1. The minimum absolute atomic E-state index is 0.164. The minimum atomic E-state index is -0.164. The van der Waals surface area contributed by atoms with E-state index >= 15 is 0 Å². The highest BCUT2D eigenvalue weighted by atomic mass is 79.9. The van der Waals surface area contributed by atoms with Crippen LogP contribution < -0.4 is 5.73 Å². The molecule has 0 spiro atoms. The predicted octanol–water partition coefficient (Wildman–Crippen LogP) is 1.75. The van der Waals surface area contributed by atoms with Gasteiger partial charge in [-0.15, -0.1) is 0 Å². The van der Waals surface area contributed by atoms with Crippen molar-refractivity contribution in [1.29, 1.82) is 0 Å². The Morgan fingerprint density at radius 1 is 1.67 bits per heavy atom. The second-order valence-electron chi connectivity index (χ2n) is 1.85. The molecule has 2 nitrogen and oxygen atoms in total. The first-order chi connectivity index (χ1) is 4.10. The van der Waals surface area contributed by atoms with Crippen molar-refractivity contribution in [2.45, 2.75) is 9.65 Å². The lowest BCUT2D eigenvalue weighted by atomic mass is 10.3. The van der Waals surface area contributed by atoms with Crippen LogP contribution in [0.3, 0.4) is 0 Å². The van der Waals surface area contributed by atoms with Gasteiger partial charge in [-0.25, -0.2) is 4.99 Å². The van der Waals surface area contributed by atoms with Gasteiger partial charge in [0, 0.05) is 6.21 Å². The summed E-state index contributed by atoms with van der Waals surface area (Å²) in [4.78, 5) is 3.90. The smallest absolute Gasteiger partial charge is 0.119 e. The molecule has 0 radical (unpaired) electrons. The SMILES string of the molecule is NC1=CCC(Br)(Br)C=N1. The fourth-order valence-electron chi connectivity index (χ4n) is 0.515. The third-order valence-electron chi connectivity index (χ3n) is 0.986. The van der Waals surface area contributed by atoms with Crippen molar-refractivity contribution in [2.24, 2.45) is 10.7 Å². The van der Waals surface area contributed by atoms with Crippen molar-refractivity contribution >= 4 is 38.1 Å². The highest BCUT2D eigenvalue weighted by Gasteiger charge is 2.20.